The van der Waals surface area contributed by atoms with Gasteiger partial charge in [0.05, 0.1) is 11.8 Å². The molecule has 1 aromatic carbocycles. The average molecular weight is 308 g/mol. The minimum absolute atomic E-state index is 0.0571. The molecule has 0 saturated carbocycles. The molecule has 0 atom stereocenters. The van der Waals surface area contributed by atoms with Crippen molar-refractivity contribution in [2.45, 2.75) is 6.92 Å². The molecule has 0 aliphatic heterocycles. The van der Waals surface area contributed by atoms with E-state index in [1.807, 2.05) is 0 Å². The third-order valence-electron chi connectivity index (χ3n) is 3.08. The Balaban J connectivity index is 2.17. The van der Waals surface area contributed by atoms with Crippen molar-refractivity contribution < 1.29 is 18.0 Å². The second kappa shape index (κ2) is 4.93. The van der Waals surface area contributed by atoms with E-state index in [2.05, 4.69) is 4.98 Å². The number of aromatic nitrogens is 1. The maximum Gasteiger partial charge on any atom is 0.174 e. The summed E-state index contributed by atoms with van der Waals surface area (Å²) in [7, 11) is 0. The van der Waals surface area contributed by atoms with E-state index in [1.165, 1.54) is 25.1 Å². The van der Waals surface area contributed by atoms with Crippen molar-refractivity contribution >= 4 is 28.5 Å². The van der Waals surface area contributed by atoms with Crippen LogP contribution in [0.2, 0.25) is 5.02 Å². The molecule has 0 N–H and O–H groups in total. The smallest absolute Gasteiger partial charge is 0.174 e. The molecule has 0 unspecified atom stereocenters. The molecule has 0 aliphatic carbocycles. The van der Waals surface area contributed by atoms with Gasteiger partial charge in [-0.15, -0.1) is 0 Å². The Kier molecular flexibility index (Phi) is 3.22. The van der Waals surface area contributed by atoms with Crippen LogP contribution in [0.5, 0.6) is 0 Å². The average Bonchev–Trinajstić information content (AvgIpc) is 2.87. The monoisotopic (exact) mass is 307 g/mol. The van der Waals surface area contributed by atoms with Gasteiger partial charge in [0.25, 0.3) is 0 Å². The predicted octanol–water partition coefficient (Wildman–Crippen LogP) is 4.63. The maximum atomic E-state index is 14.1. The number of hydrogen-bond acceptors (Lipinski definition) is 3. The summed E-state index contributed by atoms with van der Waals surface area (Å²) in [6, 6.07) is 5.50. The fourth-order valence-electron chi connectivity index (χ4n) is 1.99. The van der Waals surface area contributed by atoms with E-state index in [1.54, 1.807) is 0 Å². The number of carbonyl (C=O) groups is 1. The summed E-state index contributed by atoms with van der Waals surface area (Å²) in [5, 5.41) is -0.202. The lowest BCUT2D eigenvalue weighted by molar-refractivity contribution is 0.101. The van der Waals surface area contributed by atoms with Gasteiger partial charge >= 0.3 is 0 Å². The summed E-state index contributed by atoms with van der Waals surface area (Å²) >= 11 is 5.79. The zero-order valence-corrected chi connectivity index (χ0v) is 11.5. The zero-order chi connectivity index (χ0) is 15.1. The molecule has 0 aliphatic rings. The van der Waals surface area contributed by atoms with E-state index < -0.39 is 11.6 Å². The molecule has 3 nitrogen and oxygen atoms in total. The molecule has 0 bridgehead atoms. The van der Waals surface area contributed by atoms with E-state index in [4.69, 9.17) is 16.0 Å². The number of Topliss-reactive ketones (excluding diaryl/α,β-unsaturated/α-hetero) is 1. The number of nitrogens with zero attached hydrogens (tertiary/aromatic N) is 1. The van der Waals surface area contributed by atoms with Crippen molar-refractivity contribution in [1.29, 1.82) is 0 Å². The van der Waals surface area contributed by atoms with Gasteiger partial charge in [0, 0.05) is 11.6 Å². The Morgan fingerprint density at radius 1 is 1.24 bits per heavy atom. The number of pyridine rings is 1. The van der Waals surface area contributed by atoms with E-state index in [-0.39, 0.29) is 33.3 Å². The fraction of sp³-hybridized carbons (Fsp3) is 0.0667. The van der Waals surface area contributed by atoms with Crippen LogP contribution in [0.15, 0.2) is 34.9 Å². The van der Waals surface area contributed by atoms with E-state index in [9.17, 15) is 13.6 Å². The molecular weight excluding hydrogens is 300 g/mol. The Morgan fingerprint density at radius 3 is 2.67 bits per heavy atom. The maximum absolute atomic E-state index is 14.1. The first-order valence-electron chi connectivity index (χ1n) is 6.02. The number of benzene rings is 1. The largest absolute Gasteiger partial charge is 0.453 e. The number of ketones is 1. The highest BCUT2D eigenvalue weighted by molar-refractivity contribution is 6.34. The lowest BCUT2D eigenvalue weighted by Crippen LogP contribution is -1.93. The van der Waals surface area contributed by atoms with Gasteiger partial charge in [-0.2, -0.15) is 0 Å². The van der Waals surface area contributed by atoms with Crippen LogP contribution >= 0.6 is 11.6 Å². The molecular formula is C15H8ClF2NO2. The highest BCUT2D eigenvalue weighted by Crippen LogP contribution is 2.33. The molecule has 2 heterocycles. The summed E-state index contributed by atoms with van der Waals surface area (Å²) in [5.74, 6) is -1.40. The summed E-state index contributed by atoms with van der Waals surface area (Å²) in [6.45, 7) is 1.35. The molecule has 106 valence electrons. The standard InChI is InChI=1S/C15H8ClF2NO2/c1-7(20)8-2-3-9(10(17)4-8)13-5-12-15(21-13)14(16)11(18)6-19-12/h2-6H,1H3. The Labute approximate surface area is 123 Å². The first-order valence-corrected chi connectivity index (χ1v) is 6.39. The first kappa shape index (κ1) is 13.7. The second-order valence-corrected chi connectivity index (χ2v) is 4.87. The van der Waals surface area contributed by atoms with Crippen LogP contribution in [0, 0.1) is 11.6 Å². The number of fused-ring (bicyclic) bond motifs is 1. The predicted molar refractivity (Wildman–Crippen MR) is 74.4 cm³/mol. The molecule has 0 fully saturated rings. The van der Waals surface area contributed by atoms with Crippen molar-refractivity contribution in [3.8, 4) is 11.3 Å². The Morgan fingerprint density at radius 2 is 2.00 bits per heavy atom. The number of carbonyl (C=O) groups excluding carboxylic acids is 1. The molecule has 0 radical (unpaired) electrons. The van der Waals surface area contributed by atoms with Gasteiger partial charge < -0.3 is 4.42 Å². The van der Waals surface area contributed by atoms with Gasteiger partial charge in [0.2, 0.25) is 0 Å². The summed E-state index contributed by atoms with van der Waals surface area (Å²) in [4.78, 5) is 15.0. The minimum Gasteiger partial charge on any atom is -0.453 e. The van der Waals surface area contributed by atoms with Crippen LogP contribution in [0.4, 0.5) is 8.78 Å². The number of hydrogen-bond donors (Lipinski definition) is 0. The molecule has 0 spiro atoms. The van der Waals surface area contributed by atoms with Gasteiger partial charge in [-0.25, -0.2) is 13.8 Å². The Bertz CT molecular complexity index is 873. The number of halogens is 3. The van der Waals surface area contributed by atoms with Gasteiger partial charge in [-0.1, -0.05) is 17.7 Å². The van der Waals surface area contributed by atoms with Crippen LogP contribution in [-0.2, 0) is 0 Å². The SMILES string of the molecule is CC(=O)c1ccc(-c2cc3ncc(F)c(Cl)c3o2)c(F)c1. The molecule has 0 saturated heterocycles. The van der Waals surface area contributed by atoms with Crippen molar-refractivity contribution in [3.63, 3.8) is 0 Å². The lowest BCUT2D eigenvalue weighted by atomic mass is 10.1. The van der Waals surface area contributed by atoms with Crippen LogP contribution in [0.1, 0.15) is 17.3 Å². The van der Waals surface area contributed by atoms with Crippen molar-refractivity contribution in [1.82, 2.24) is 4.98 Å². The lowest BCUT2D eigenvalue weighted by Gasteiger charge is -2.01. The number of rotatable bonds is 2. The van der Waals surface area contributed by atoms with E-state index >= 15 is 0 Å². The van der Waals surface area contributed by atoms with Gasteiger partial charge in [0.15, 0.2) is 17.2 Å². The molecule has 21 heavy (non-hydrogen) atoms. The molecule has 6 heteroatoms. The van der Waals surface area contributed by atoms with Crippen LogP contribution in [0.25, 0.3) is 22.4 Å². The van der Waals surface area contributed by atoms with Gasteiger partial charge in [-0.05, 0) is 19.1 Å². The van der Waals surface area contributed by atoms with Crippen LogP contribution in [-0.4, -0.2) is 10.8 Å². The second-order valence-electron chi connectivity index (χ2n) is 4.50. The van der Waals surface area contributed by atoms with E-state index in [0.29, 0.717) is 5.52 Å². The summed E-state index contributed by atoms with van der Waals surface area (Å²) in [6.07, 6.45) is 0.971. The highest BCUT2D eigenvalue weighted by atomic mass is 35.5. The third kappa shape index (κ3) is 2.29. The Hall–Kier alpha value is -2.27. The minimum atomic E-state index is -0.711. The quantitative estimate of drug-likeness (QED) is 0.648. The van der Waals surface area contributed by atoms with Crippen molar-refractivity contribution in [2.75, 3.05) is 0 Å². The topological polar surface area (TPSA) is 43.1 Å². The van der Waals surface area contributed by atoms with Gasteiger partial charge in [-0.3, -0.25) is 4.79 Å². The normalized spacial score (nSPS) is 11.0. The summed E-state index contributed by atoms with van der Waals surface area (Å²) in [5.41, 5.74) is 0.789. The van der Waals surface area contributed by atoms with Crippen LogP contribution in [0.3, 0.4) is 0 Å². The van der Waals surface area contributed by atoms with Crippen molar-refractivity contribution in [3.05, 3.63) is 52.7 Å². The molecule has 3 rings (SSSR count). The highest BCUT2D eigenvalue weighted by Gasteiger charge is 2.16. The molecule has 3 aromatic rings. The number of furan rings is 1. The van der Waals surface area contributed by atoms with E-state index in [0.717, 1.165) is 12.3 Å². The fourth-order valence-corrected chi connectivity index (χ4v) is 2.18. The first-order chi connectivity index (χ1) is 9.97. The third-order valence-corrected chi connectivity index (χ3v) is 3.43. The zero-order valence-electron chi connectivity index (χ0n) is 10.8. The molecule has 0 amide bonds. The van der Waals surface area contributed by atoms with Crippen LogP contribution < -0.4 is 0 Å². The van der Waals surface area contributed by atoms with Crippen molar-refractivity contribution in [2.24, 2.45) is 0 Å². The summed E-state index contributed by atoms with van der Waals surface area (Å²) < 4.78 is 32.8. The van der Waals surface area contributed by atoms with Gasteiger partial charge in [0.1, 0.15) is 22.1 Å². The molecule has 2 aromatic heterocycles.